The number of halogens is 1. The Morgan fingerprint density at radius 3 is 2.50 bits per heavy atom. The summed E-state index contributed by atoms with van der Waals surface area (Å²) < 4.78 is 18.7. The number of carbonyl (C=O) groups is 2. The zero-order chi connectivity index (χ0) is 25.8. The highest BCUT2D eigenvalue weighted by Crippen LogP contribution is 2.42. The number of amides is 2. The van der Waals surface area contributed by atoms with Crippen LogP contribution in [-0.4, -0.2) is 24.2 Å². The Labute approximate surface area is 213 Å². The van der Waals surface area contributed by atoms with Crippen molar-refractivity contribution < 1.29 is 18.7 Å². The number of nitrogens with one attached hydrogen (secondary N) is 1. The summed E-state index contributed by atoms with van der Waals surface area (Å²) in [6.07, 6.45) is 0.321. The quantitative estimate of drug-likeness (QED) is 0.355. The molecule has 1 saturated heterocycles. The van der Waals surface area contributed by atoms with Crippen molar-refractivity contribution in [3.05, 3.63) is 99.8 Å². The predicted molar refractivity (Wildman–Crippen MR) is 139 cm³/mol. The van der Waals surface area contributed by atoms with Gasteiger partial charge in [-0.05, 0) is 73.4 Å². The molecule has 3 aromatic rings. The van der Waals surface area contributed by atoms with Gasteiger partial charge in [-0.2, -0.15) is 5.26 Å². The zero-order valence-electron chi connectivity index (χ0n) is 20.0. The van der Waals surface area contributed by atoms with E-state index < -0.39 is 11.2 Å². The predicted octanol–water partition coefficient (Wildman–Crippen LogP) is 5.52. The molecule has 1 aliphatic rings. The van der Waals surface area contributed by atoms with Crippen molar-refractivity contribution in [1.29, 1.82) is 5.26 Å². The molecular weight excluding hydrogens is 477 g/mol. The van der Waals surface area contributed by atoms with Gasteiger partial charge in [0.2, 0.25) is 5.91 Å². The summed E-state index contributed by atoms with van der Waals surface area (Å²) in [5.74, 6) is -0.807. The Kier molecular flexibility index (Phi) is 7.41. The minimum Gasteiger partial charge on any atom is -0.495 e. The number of hydrogen-bond donors (Lipinski definition) is 1. The molecule has 1 N–H and O–H groups in total. The van der Waals surface area contributed by atoms with Gasteiger partial charge in [0.25, 0.3) is 5.91 Å². The number of carbonyl (C=O) groups excluding carboxylic acids is 2. The molecule has 1 heterocycles. The summed E-state index contributed by atoms with van der Waals surface area (Å²) in [5.41, 5.74) is 3.61. The van der Waals surface area contributed by atoms with E-state index in [0.717, 1.165) is 28.5 Å². The zero-order valence-corrected chi connectivity index (χ0v) is 20.9. The van der Waals surface area contributed by atoms with Gasteiger partial charge in [0.1, 0.15) is 28.2 Å². The van der Waals surface area contributed by atoms with E-state index in [-0.39, 0.29) is 22.3 Å². The first-order valence-electron chi connectivity index (χ1n) is 11.2. The molecule has 3 aromatic carbocycles. The molecule has 4 rings (SSSR count). The minimum absolute atomic E-state index is 0.181. The highest BCUT2D eigenvalue weighted by Gasteiger charge is 2.41. The first-order valence-corrected chi connectivity index (χ1v) is 12.1. The second kappa shape index (κ2) is 10.7. The van der Waals surface area contributed by atoms with Crippen LogP contribution >= 0.6 is 11.8 Å². The van der Waals surface area contributed by atoms with Crippen molar-refractivity contribution in [2.45, 2.75) is 25.5 Å². The summed E-state index contributed by atoms with van der Waals surface area (Å²) in [6.45, 7) is 3.90. The maximum absolute atomic E-state index is 13.6. The fraction of sp³-hybridized carbons (Fsp3) is 0.179. The molecule has 2 amide bonds. The summed E-state index contributed by atoms with van der Waals surface area (Å²) in [5, 5.41) is 12.4. The van der Waals surface area contributed by atoms with Gasteiger partial charge in [0.05, 0.1) is 18.0 Å². The number of aryl methyl sites for hydroxylation is 2. The van der Waals surface area contributed by atoms with E-state index in [1.807, 2.05) is 32.0 Å². The molecule has 1 fully saturated rings. The van der Waals surface area contributed by atoms with Crippen LogP contribution in [0.4, 0.5) is 15.8 Å². The normalized spacial score (nSPS) is 16.5. The molecule has 0 bridgehead atoms. The molecule has 0 aromatic heterocycles. The number of ether oxygens (including phenoxy) is 1. The highest BCUT2D eigenvalue weighted by atomic mass is 32.2. The third-order valence-electron chi connectivity index (χ3n) is 5.94. The summed E-state index contributed by atoms with van der Waals surface area (Å²) in [4.78, 5) is 28.3. The number of methoxy groups -OCH3 is 1. The minimum atomic E-state index is -0.645. The van der Waals surface area contributed by atoms with Crippen molar-refractivity contribution >= 4 is 35.0 Å². The molecule has 0 spiro atoms. The van der Waals surface area contributed by atoms with Crippen molar-refractivity contribution in [3.8, 4) is 11.8 Å². The van der Waals surface area contributed by atoms with E-state index in [1.54, 1.807) is 42.5 Å². The average molecular weight is 502 g/mol. The van der Waals surface area contributed by atoms with Crippen molar-refractivity contribution in [2.75, 3.05) is 17.3 Å². The van der Waals surface area contributed by atoms with Gasteiger partial charge >= 0.3 is 0 Å². The molecule has 36 heavy (non-hydrogen) atoms. The van der Waals surface area contributed by atoms with Gasteiger partial charge < -0.3 is 10.1 Å². The molecule has 1 aliphatic heterocycles. The number of rotatable bonds is 6. The Morgan fingerprint density at radius 2 is 1.83 bits per heavy atom. The maximum Gasteiger partial charge on any atom is 0.269 e. The van der Waals surface area contributed by atoms with E-state index in [0.29, 0.717) is 23.5 Å². The van der Waals surface area contributed by atoms with Crippen LogP contribution in [0.2, 0.25) is 0 Å². The van der Waals surface area contributed by atoms with E-state index in [1.165, 1.54) is 24.1 Å². The number of benzene rings is 3. The molecule has 1 unspecified atom stereocenters. The highest BCUT2D eigenvalue weighted by molar-refractivity contribution is 8.05. The monoisotopic (exact) mass is 501 g/mol. The lowest BCUT2D eigenvalue weighted by atomic mass is 10.1. The first-order chi connectivity index (χ1) is 17.3. The number of nitriles is 1. The molecule has 182 valence electrons. The maximum atomic E-state index is 13.6. The van der Waals surface area contributed by atoms with E-state index >= 15 is 0 Å². The summed E-state index contributed by atoms with van der Waals surface area (Å²) in [7, 11) is 1.49. The van der Waals surface area contributed by atoms with Crippen LogP contribution in [0.1, 0.15) is 16.7 Å². The third kappa shape index (κ3) is 5.11. The Morgan fingerprint density at radius 1 is 1.11 bits per heavy atom. The van der Waals surface area contributed by atoms with Gasteiger partial charge in [-0.25, -0.2) is 4.39 Å². The number of thioether (sulfide) groups is 1. The van der Waals surface area contributed by atoms with E-state index in [9.17, 15) is 19.2 Å². The Hall–Kier alpha value is -4.09. The molecular formula is C28H24FN3O3S. The fourth-order valence-corrected chi connectivity index (χ4v) is 5.16. The van der Waals surface area contributed by atoms with Crippen LogP contribution < -0.4 is 15.0 Å². The summed E-state index contributed by atoms with van der Waals surface area (Å²) >= 11 is 1.16. The molecule has 1 atom stereocenters. The second-order valence-corrected chi connectivity index (χ2v) is 9.52. The molecule has 8 heteroatoms. The van der Waals surface area contributed by atoms with E-state index in [2.05, 4.69) is 5.32 Å². The van der Waals surface area contributed by atoms with Gasteiger partial charge in [0.15, 0.2) is 0 Å². The smallest absolute Gasteiger partial charge is 0.269 e. The SMILES string of the molecule is COc1ccccc1NC(=O)/C(C#N)=C1\SC(Cc2ccc(F)cc2)C(=O)N1c1ccc(C)c(C)c1. The van der Waals surface area contributed by atoms with Gasteiger partial charge in [-0.15, -0.1) is 0 Å². The van der Waals surface area contributed by atoms with Crippen LogP contribution in [0.25, 0.3) is 0 Å². The molecule has 0 saturated carbocycles. The van der Waals surface area contributed by atoms with Gasteiger partial charge in [-0.3, -0.25) is 14.5 Å². The lowest BCUT2D eigenvalue weighted by Gasteiger charge is -2.20. The molecule has 0 aliphatic carbocycles. The van der Waals surface area contributed by atoms with Crippen LogP contribution in [0, 0.1) is 31.0 Å². The number of anilines is 2. The number of hydrogen-bond acceptors (Lipinski definition) is 5. The number of para-hydroxylation sites is 2. The largest absolute Gasteiger partial charge is 0.495 e. The third-order valence-corrected chi connectivity index (χ3v) is 7.21. The van der Waals surface area contributed by atoms with Gasteiger partial charge in [0, 0.05) is 5.69 Å². The van der Waals surface area contributed by atoms with Crippen molar-refractivity contribution in [3.63, 3.8) is 0 Å². The van der Waals surface area contributed by atoms with Crippen LogP contribution in [0.3, 0.4) is 0 Å². The summed E-state index contributed by atoms with van der Waals surface area (Å²) in [6, 6.07) is 20.4. The van der Waals surface area contributed by atoms with Crippen molar-refractivity contribution in [2.24, 2.45) is 0 Å². The average Bonchev–Trinajstić information content (AvgIpc) is 3.18. The van der Waals surface area contributed by atoms with Crippen molar-refractivity contribution in [1.82, 2.24) is 0 Å². The van der Waals surface area contributed by atoms with Crippen LogP contribution in [0.5, 0.6) is 5.75 Å². The first kappa shape index (κ1) is 25.0. The molecule has 0 radical (unpaired) electrons. The fourth-order valence-electron chi connectivity index (χ4n) is 3.85. The van der Waals surface area contributed by atoms with Crippen LogP contribution in [-0.2, 0) is 16.0 Å². The lowest BCUT2D eigenvalue weighted by Crippen LogP contribution is -2.31. The topological polar surface area (TPSA) is 82.4 Å². The van der Waals surface area contributed by atoms with Gasteiger partial charge in [-0.1, -0.05) is 42.1 Å². The Balaban J connectivity index is 1.75. The Bertz CT molecular complexity index is 1400. The second-order valence-electron chi connectivity index (χ2n) is 8.33. The van der Waals surface area contributed by atoms with E-state index in [4.69, 9.17) is 4.74 Å². The standard InChI is InChI=1S/C28H24FN3O3S/c1-17-8-13-21(14-18(17)2)32-27(34)25(15-19-9-11-20(29)12-10-19)36-28(32)22(16-30)26(33)31-23-6-4-5-7-24(23)35-3/h4-14,25H,15H2,1-3H3,(H,31,33)/b28-22-. The number of nitrogens with zero attached hydrogens (tertiary/aromatic N) is 2. The lowest BCUT2D eigenvalue weighted by molar-refractivity contribution is -0.117. The molecule has 6 nitrogen and oxygen atoms in total. The van der Waals surface area contributed by atoms with Crippen LogP contribution in [0.15, 0.2) is 77.3 Å².